The Morgan fingerprint density at radius 2 is 1.94 bits per heavy atom. The molecule has 2 rings (SSSR count). The van der Waals surface area contributed by atoms with Gasteiger partial charge in [0.2, 0.25) is 5.88 Å². The van der Waals surface area contributed by atoms with Crippen LogP contribution in [0.15, 0.2) is 42.5 Å². The number of rotatable bonds is 4. The second kappa shape index (κ2) is 5.51. The van der Waals surface area contributed by atoms with Crippen molar-refractivity contribution in [3.8, 4) is 5.88 Å². The quantitative estimate of drug-likeness (QED) is 0.862. The number of aromatic carboxylic acids is 1. The van der Waals surface area contributed by atoms with Gasteiger partial charge in [0.25, 0.3) is 0 Å². The Bertz CT molecular complexity index is 557. The van der Waals surface area contributed by atoms with Crippen molar-refractivity contribution in [3.63, 3.8) is 0 Å². The summed E-state index contributed by atoms with van der Waals surface area (Å²) in [6.07, 6.45) is 0. The number of hydrogen-bond acceptors (Lipinski definition) is 3. The molecule has 0 aliphatic heterocycles. The number of halogens is 1. The molecule has 0 saturated heterocycles. The van der Waals surface area contributed by atoms with Gasteiger partial charge in [0.1, 0.15) is 17.3 Å². The van der Waals surface area contributed by atoms with Gasteiger partial charge < -0.3 is 9.84 Å². The van der Waals surface area contributed by atoms with Crippen LogP contribution in [0.3, 0.4) is 0 Å². The summed E-state index contributed by atoms with van der Waals surface area (Å²) in [4.78, 5) is 14.9. The predicted octanol–water partition coefficient (Wildman–Crippen LogP) is 3.01. The lowest BCUT2D eigenvalue weighted by atomic mass is 10.2. The third-order valence-electron chi connectivity index (χ3n) is 2.28. The van der Waals surface area contributed by atoms with Crippen molar-refractivity contribution in [2.45, 2.75) is 6.61 Å². The van der Waals surface area contributed by atoms with E-state index in [1.165, 1.54) is 12.1 Å². The largest absolute Gasteiger partial charge is 0.477 e. The molecule has 2 aromatic rings. The van der Waals surface area contributed by atoms with Crippen molar-refractivity contribution in [2.24, 2.45) is 0 Å². The minimum absolute atomic E-state index is 0.00432. The monoisotopic (exact) mass is 263 g/mol. The first kappa shape index (κ1) is 12.4. The minimum atomic E-state index is -1.10. The van der Waals surface area contributed by atoms with E-state index in [0.29, 0.717) is 0 Å². The molecule has 0 atom stereocenters. The van der Waals surface area contributed by atoms with Crippen molar-refractivity contribution in [2.75, 3.05) is 0 Å². The molecule has 92 valence electrons. The number of carbonyl (C=O) groups is 1. The lowest BCUT2D eigenvalue weighted by Gasteiger charge is -2.08. The molecule has 0 saturated carbocycles. The number of carboxylic acids is 1. The molecule has 0 fully saturated rings. The van der Waals surface area contributed by atoms with E-state index in [0.717, 1.165) is 5.56 Å². The van der Waals surface area contributed by atoms with Crippen molar-refractivity contribution < 1.29 is 14.6 Å². The van der Waals surface area contributed by atoms with Crippen LogP contribution in [0.1, 0.15) is 15.9 Å². The normalized spacial score (nSPS) is 10.1. The molecule has 1 N–H and O–H groups in total. The summed E-state index contributed by atoms with van der Waals surface area (Å²) < 4.78 is 5.39. The Morgan fingerprint density at radius 1 is 1.22 bits per heavy atom. The molecule has 1 heterocycles. The number of nitrogens with zero attached hydrogens (tertiary/aromatic N) is 1. The van der Waals surface area contributed by atoms with Crippen molar-refractivity contribution >= 4 is 17.6 Å². The Labute approximate surface area is 109 Å². The third kappa shape index (κ3) is 2.99. The first-order valence-corrected chi connectivity index (χ1v) is 5.61. The molecule has 0 radical (unpaired) electrons. The van der Waals surface area contributed by atoms with Crippen LogP contribution in [0.4, 0.5) is 0 Å². The average molecular weight is 264 g/mol. The number of ether oxygens (including phenoxy) is 1. The number of carboxylic acid groups (broad SMARTS) is 1. The maximum atomic E-state index is 11.0. The lowest BCUT2D eigenvalue weighted by molar-refractivity contribution is 0.0690. The fourth-order valence-electron chi connectivity index (χ4n) is 1.42. The van der Waals surface area contributed by atoms with E-state index >= 15 is 0 Å². The number of pyridine rings is 1. The van der Waals surface area contributed by atoms with Crippen molar-refractivity contribution in [3.05, 3.63) is 58.7 Å². The first-order valence-electron chi connectivity index (χ1n) is 5.23. The molecule has 0 unspecified atom stereocenters. The van der Waals surface area contributed by atoms with Gasteiger partial charge in [-0.25, -0.2) is 9.78 Å². The minimum Gasteiger partial charge on any atom is -0.477 e. The van der Waals surface area contributed by atoms with Crippen LogP contribution in [0.25, 0.3) is 0 Å². The van der Waals surface area contributed by atoms with E-state index in [4.69, 9.17) is 21.4 Å². The summed E-state index contributed by atoms with van der Waals surface area (Å²) in [6, 6.07) is 12.2. The van der Waals surface area contributed by atoms with Crippen LogP contribution in [0, 0.1) is 0 Å². The van der Waals surface area contributed by atoms with Gasteiger partial charge in [-0.05, 0) is 17.7 Å². The summed E-state index contributed by atoms with van der Waals surface area (Å²) >= 11 is 5.72. The van der Waals surface area contributed by atoms with Gasteiger partial charge in [0, 0.05) is 0 Å². The SMILES string of the molecule is O=C(O)c1ccc(Cl)nc1OCc1ccccc1. The Balaban J connectivity index is 2.18. The molecule has 0 amide bonds. The second-order valence-corrected chi connectivity index (χ2v) is 3.95. The number of benzene rings is 1. The highest BCUT2D eigenvalue weighted by molar-refractivity contribution is 6.29. The van der Waals surface area contributed by atoms with Crippen LogP contribution in [0.5, 0.6) is 5.88 Å². The summed E-state index contributed by atoms with van der Waals surface area (Å²) in [5, 5.41) is 9.19. The molecule has 0 bridgehead atoms. The fourth-order valence-corrected chi connectivity index (χ4v) is 1.56. The highest BCUT2D eigenvalue weighted by Gasteiger charge is 2.13. The predicted molar refractivity (Wildman–Crippen MR) is 67.0 cm³/mol. The third-order valence-corrected chi connectivity index (χ3v) is 2.49. The maximum Gasteiger partial charge on any atom is 0.341 e. The molecular weight excluding hydrogens is 254 g/mol. The Hall–Kier alpha value is -2.07. The van der Waals surface area contributed by atoms with Crippen molar-refractivity contribution in [1.29, 1.82) is 0 Å². The van der Waals surface area contributed by atoms with Crippen LogP contribution < -0.4 is 4.74 Å². The van der Waals surface area contributed by atoms with Gasteiger partial charge in [-0.2, -0.15) is 0 Å². The zero-order valence-corrected chi connectivity index (χ0v) is 10.1. The zero-order chi connectivity index (χ0) is 13.0. The second-order valence-electron chi connectivity index (χ2n) is 3.57. The fraction of sp³-hybridized carbons (Fsp3) is 0.0769. The van der Waals surface area contributed by atoms with Crippen LogP contribution in [-0.2, 0) is 6.61 Å². The van der Waals surface area contributed by atoms with Gasteiger partial charge in [-0.3, -0.25) is 0 Å². The lowest BCUT2D eigenvalue weighted by Crippen LogP contribution is -2.05. The van der Waals surface area contributed by atoms with E-state index in [2.05, 4.69) is 4.98 Å². The van der Waals surface area contributed by atoms with Gasteiger partial charge in [0.05, 0.1) is 0 Å². The van der Waals surface area contributed by atoms with E-state index in [9.17, 15) is 4.79 Å². The molecular formula is C13H10ClNO3. The standard InChI is InChI=1S/C13H10ClNO3/c14-11-7-6-10(13(16)17)12(15-11)18-8-9-4-2-1-3-5-9/h1-7H,8H2,(H,16,17). The maximum absolute atomic E-state index is 11.0. The summed E-state index contributed by atoms with van der Waals surface area (Å²) in [5.41, 5.74) is 0.922. The van der Waals surface area contributed by atoms with Crippen molar-refractivity contribution in [1.82, 2.24) is 4.98 Å². The Kier molecular flexibility index (Phi) is 3.79. The van der Waals surface area contributed by atoms with Gasteiger partial charge in [0.15, 0.2) is 0 Å². The highest BCUT2D eigenvalue weighted by atomic mass is 35.5. The van der Waals surface area contributed by atoms with E-state index in [1.807, 2.05) is 30.3 Å². The molecule has 5 heteroatoms. The summed E-state index contributed by atoms with van der Waals surface area (Å²) in [6.45, 7) is 0.245. The van der Waals surface area contributed by atoms with Crippen LogP contribution in [0.2, 0.25) is 5.15 Å². The Morgan fingerprint density at radius 3 is 2.61 bits per heavy atom. The van der Waals surface area contributed by atoms with E-state index in [1.54, 1.807) is 0 Å². The molecule has 0 aliphatic rings. The van der Waals surface area contributed by atoms with Gasteiger partial charge in [-0.1, -0.05) is 41.9 Å². The smallest absolute Gasteiger partial charge is 0.341 e. The molecule has 4 nitrogen and oxygen atoms in total. The molecule has 0 aliphatic carbocycles. The van der Waals surface area contributed by atoms with E-state index < -0.39 is 5.97 Å². The first-order chi connectivity index (χ1) is 8.66. The highest BCUT2D eigenvalue weighted by Crippen LogP contribution is 2.20. The topological polar surface area (TPSA) is 59.4 Å². The summed E-state index contributed by atoms with van der Waals surface area (Å²) in [5.74, 6) is -1.07. The molecule has 18 heavy (non-hydrogen) atoms. The molecule has 0 spiro atoms. The van der Waals surface area contributed by atoms with Gasteiger partial charge >= 0.3 is 5.97 Å². The number of hydrogen-bond donors (Lipinski definition) is 1. The number of aromatic nitrogens is 1. The van der Waals surface area contributed by atoms with Crippen LogP contribution >= 0.6 is 11.6 Å². The molecule has 1 aromatic carbocycles. The zero-order valence-electron chi connectivity index (χ0n) is 9.34. The average Bonchev–Trinajstić information content (AvgIpc) is 2.37. The van der Waals surface area contributed by atoms with E-state index in [-0.39, 0.29) is 23.2 Å². The van der Waals surface area contributed by atoms with Crippen LogP contribution in [-0.4, -0.2) is 16.1 Å². The summed E-state index contributed by atoms with van der Waals surface area (Å²) in [7, 11) is 0. The molecule has 1 aromatic heterocycles. The van der Waals surface area contributed by atoms with Gasteiger partial charge in [-0.15, -0.1) is 0 Å².